The van der Waals surface area contributed by atoms with Crippen LogP contribution in [0.3, 0.4) is 0 Å². The van der Waals surface area contributed by atoms with Crippen LogP contribution >= 0.6 is 11.3 Å². The van der Waals surface area contributed by atoms with Crippen molar-refractivity contribution < 1.29 is 0 Å². The number of hydrogen-bond acceptors (Lipinski definition) is 4. The summed E-state index contributed by atoms with van der Waals surface area (Å²) in [4.78, 5) is 7.78. The zero-order chi connectivity index (χ0) is 11.0. The van der Waals surface area contributed by atoms with Crippen LogP contribution in [0, 0.1) is 0 Å². The van der Waals surface area contributed by atoms with Gasteiger partial charge in [0, 0.05) is 34.6 Å². The number of aromatic nitrogens is 1. The number of benzene rings is 1. The summed E-state index contributed by atoms with van der Waals surface area (Å²) in [6.07, 6.45) is 3.00. The van der Waals surface area contributed by atoms with Crippen LogP contribution < -0.4 is 10.6 Å². The minimum atomic E-state index is 0.921. The third kappa shape index (κ3) is 1.55. The molecule has 0 fully saturated rings. The number of anilines is 2. The zero-order valence-corrected chi connectivity index (χ0v) is 9.70. The van der Waals surface area contributed by atoms with Crippen LogP contribution in [-0.4, -0.2) is 11.5 Å². The quantitative estimate of drug-likeness (QED) is 0.806. The molecule has 4 heteroatoms. The highest BCUT2D eigenvalue weighted by molar-refractivity contribution is 7.09. The van der Waals surface area contributed by atoms with Crippen molar-refractivity contribution in [2.75, 3.05) is 17.2 Å². The number of hydrogen-bond donors (Lipinski definition) is 1. The molecule has 1 aromatic heterocycles. The van der Waals surface area contributed by atoms with Crippen molar-refractivity contribution >= 4 is 22.7 Å². The first-order chi connectivity index (χ1) is 7.84. The lowest BCUT2D eigenvalue weighted by Gasteiger charge is -2.18. The third-order valence-corrected chi connectivity index (χ3v) is 3.75. The van der Waals surface area contributed by atoms with E-state index in [0.717, 1.165) is 25.2 Å². The van der Waals surface area contributed by atoms with E-state index in [2.05, 4.69) is 16.0 Å². The van der Waals surface area contributed by atoms with Crippen molar-refractivity contribution in [3.8, 4) is 0 Å². The molecule has 0 amide bonds. The standard InChI is InChI=1S/C12H13N3S/c13-11-2-1-3-12-10(11)4-5-15(12)7-9-6-14-8-16-9/h1-3,6,8H,4-5,7,13H2. The average molecular weight is 231 g/mol. The molecule has 3 nitrogen and oxygen atoms in total. The van der Waals surface area contributed by atoms with Crippen molar-refractivity contribution in [2.24, 2.45) is 0 Å². The molecule has 0 saturated carbocycles. The summed E-state index contributed by atoms with van der Waals surface area (Å²) in [5.41, 5.74) is 11.4. The fourth-order valence-corrected chi connectivity index (χ4v) is 2.81. The van der Waals surface area contributed by atoms with E-state index in [1.54, 1.807) is 11.3 Å². The summed E-state index contributed by atoms with van der Waals surface area (Å²) in [6, 6.07) is 6.16. The molecule has 2 heterocycles. The fraction of sp³-hybridized carbons (Fsp3) is 0.250. The van der Waals surface area contributed by atoms with E-state index in [1.807, 2.05) is 23.8 Å². The second kappa shape index (κ2) is 3.79. The Hall–Kier alpha value is -1.55. The van der Waals surface area contributed by atoms with Gasteiger partial charge in [-0.25, -0.2) is 0 Å². The molecule has 0 atom stereocenters. The SMILES string of the molecule is Nc1cccc2c1CCN2Cc1cncs1. The van der Waals surface area contributed by atoms with Crippen LogP contribution in [0.1, 0.15) is 10.4 Å². The van der Waals surface area contributed by atoms with Gasteiger partial charge in [-0.2, -0.15) is 0 Å². The number of thiazole rings is 1. The van der Waals surface area contributed by atoms with Gasteiger partial charge in [0.15, 0.2) is 0 Å². The van der Waals surface area contributed by atoms with Gasteiger partial charge in [-0.3, -0.25) is 4.98 Å². The van der Waals surface area contributed by atoms with Crippen LogP contribution in [0.2, 0.25) is 0 Å². The van der Waals surface area contributed by atoms with Gasteiger partial charge in [0.25, 0.3) is 0 Å². The molecule has 0 unspecified atom stereocenters. The van der Waals surface area contributed by atoms with Gasteiger partial charge in [0.2, 0.25) is 0 Å². The van der Waals surface area contributed by atoms with Gasteiger partial charge in [-0.1, -0.05) is 6.07 Å². The van der Waals surface area contributed by atoms with E-state index in [-0.39, 0.29) is 0 Å². The van der Waals surface area contributed by atoms with Gasteiger partial charge < -0.3 is 10.6 Å². The van der Waals surface area contributed by atoms with Gasteiger partial charge >= 0.3 is 0 Å². The molecule has 2 N–H and O–H groups in total. The summed E-state index contributed by atoms with van der Waals surface area (Å²) < 4.78 is 0. The molecule has 0 spiro atoms. The number of nitrogens with zero attached hydrogens (tertiary/aromatic N) is 2. The summed E-state index contributed by atoms with van der Waals surface area (Å²) in [5.74, 6) is 0. The van der Waals surface area contributed by atoms with Crippen molar-refractivity contribution in [3.05, 3.63) is 40.3 Å². The number of fused-ring (bicyclic) bond motifs is 1. The number of rotatable bonds is 2. The predicted molar refractivity (Wildman–Crippen MR) is 67.7 cm³/mol. The first-order valence-corrected chi connectivity index (χ1v) is 6.22. The Morgan fingerprint density at radius 3 is 3.19 bits per heavy atom. The normalized spacial score (nSPS) is 14.1. The molecule has 0 bridgehead atoms. The van der Waals surface area contributed by atoms with E-state index in [4.69, 9.17) is 5.73 Å². The Labute approximate surface area is 98.5 Å². The van der Waals surface area contributed by atoms with Crippen LogP contribution in [0.4, 0.5) is 11.4 Å². The molecule has 0 radical (unpaired) electrons. The second-order valence-electron chi connectivity index (χ2n) is 3.98. The van der Waals surface area contributed by atoms with Crippen molar-refractivity contribution in [2.45, 2.75) is 13.0 Å². The number of nitrogens with two attached hydrogens (primary N) is 1. The van der Waals surface area contributed by atoms with Crippen LogP contribution in [0.25, 0.3) is 0 Å². The van der Waals surface area contributed by atoms with Crippen LogP contribution in [0.5, 0.6) is 0 Å². The molecule has 3 rings (SSSR count). The highest BCUT2D eigenvalue weighted by Gasteiger charge is 2.20. The Morgan fingerprint density at radius 2 is 2.38 bits per heavy atom. The molecule has 0 saturated heterocycles. The Balaban J connectivity index is 1.89. The maximum absolute atomic E-state index is 5.97. The van der Waals surface area contributed by atoms with Gasteiger partial charge in [-0.05, 0) is 18.6 Å². The second-order valence-corrected chi connectivity index (χ2v) is 4.96. The molecule has 2 aromatic rings. The molecule has 16 heavy (non-hydrogen) atoms. The fourth-order valence-electron chi connectivity index (χ4n) is 2.20. The lowest BCUT2D eigenvalue weighted by Crippen LogP contribution is -2.18. The van der Waals surface area contributed by atoms with E-state index in [9.17, 15) is 0 Å². The summed E-state index contributed by atoms with van der Waals surface area (Å²) in [5, 5.41) is 0. The molecule has 0 aliphatic carbocycles. The van der Waals surface area contributed by atoms with Crippen molar-refractivity contribution in [1.29, 1.82) is 0 Å². The van der Waals surface area contributed by atoms with E-state index >= 15 is 0 Å². The molecule has 82 valence electrons. The van der Waals surface area contributed by atoms with Gasteiger partial charge in [-0.15, -0.1) is 11.3 Å². The van der Waals surface area contributed by atoms with E-state index < -0.39 is 0 Å². The lowest BCUT2D eigenvalue weighted by atomic mass is 10.1. The highest BCUT2D eigenvalue weighted by atomic mass is 32.1. The van der Waals surface area contributed by atoms with Crippen molar-refractivity contribution in [3.63, 3.8) is 0 Å². The summed E-state index contributed by atoms with van der Waals surface area (Å²) >= 11 is 1.70. The summed E-state index contributed by atoms with van der Waals surface area (Å²) in [6.45, 7) is 2.00. The molecular formula is C12H13N3S. The van der Waals surface area contributed by atoms with Crippen LogP contribution in [0.15, 0.2) is 29.9 Å². The third-order valence-electron chi connectivity index (χ3n) is 2.99. The first-order valence-electron chi connectivity index (χ1n) is 5.34. The van der Waals surface area contributed by atoms with E-state index in [1.165, 1.54) is 16.1 Å². The Morgan fingerprint density at radius 1 is 1.44 bits per heavy atom. The minimum absolute atomic E-state index is 0.921. The number of nitrogen functional groups attached to an aromatic ring is 1. The highest BCUT2D eigenvalue weighted by Crippen LogP contribution is 2.33. The monoisotopic (exact) mass is 231 g/mol. The van der Waals surface area contributed by atoms with E-state index in [0.29, 0.717) is 0 Å². The average Bonchev–Trinajstić information content (AvgIpc) is 2.90. The van der Waals surface area contributed by atoms with Crippen LogP contribution in [-0.2, 0) is 13.0 Å². The summed E-state index contributed by atoms with van der Waals surface area (Å²) in [7, 11) is 0. The van der Waals surface area contributed by atoms with Gasteiger partial charge in [0.05, 0.1) is 12.1 Å². The molecule has 1 aliphatic rings. The molecular weight excluding hydrogens is 218 g/mol. The lowest BCUT2D eigenvalue weighted by molar-refractivity contribution is 0.844. The van der Waals surface area contributed by atoms with Crippen molar-refractivity contribution in [1.82, 2.24) is 4.98 Å². The van der Waals surface area contributed by atoms with Gasteiger partial charge in [0.1, 0.15) is 0 Å². The Kier molecular flexibility index (Phi) is 2.29. The smallest absolute Gasteiger partial charge is 0.0794 e. The minimum Gasteiger partial charge on any atom is -0.398 e. The maximum Gasteiger partial charge on any atom is 0.0794 e. The Bertz CT molecular complexity index is 493. The predicted octanol–water partition coefficient (Wildman–Crippen LogP) is 2.29. The molecule has 1 aliphatic heterocycles. The zero-order valence-electron chi connectivity index (χ0n) is 8.89. The molecule has 1 aromatic carbocycles. The largest absolute Gasteiger partial charge is 0.398 e. The first kappa shape index (κ1) is 9.66. The topological polar surface area (TPSA) is 42.1 Å². The maximum atomic E-state index is 5.97.